The molecule has 0 aromatic carbocycles. The van der Waals surface area contributed by atoms with Gasteiger partial charge in [0.25, 0.3) is 0 Å². The van der Waals surface area contributed by atoms with Crippen LogP contribution in [-0.4, -0.2) is 30.3 Å². The van der Waals surface area contributed by atoms with E-state index in [0.29, 0.717) is 13.1 Å². The Morgan fingerprint density at radius 3 is 2.92 bits per heavy atom. The van der Waals surface area contributed by atoms with Gasteiger partial charge in [-0.1, -0.05) is 19.8 Å². The number of rotatable bonds is 4. The summed E-state index contributed by atoms with van der Waals surface area (Å²) in [6, 6.07) is 0. The van der Waals surface area contributed by atoms with Crippen LogP contribution in [0.15, 0.2) is 0 Å². The molecule has 1 rings (SSSR count). The molecule has 0 heterocycles. The van der Waals surface area contributed by atoms with E-state index in [-0.39, 0.29) is 12.1 Å². The lowest BCUT2D eigenvalue weighted by Crippen LogP contribution is -2.54. The number of hydrogen-bond donors (Lipinski definition) is 3. The summed E-state index contributed by atoms with van der Waals surface area (Å²) in [7, 11) is 0. The molecule has 4 N–H and O–H groups in total. The Kier molecular flexibility index (Phi) is 4.16. The zero-order valence-corrected chi connectivity index (χ0v) is 8.55. The van der Waals surface area contributed by atoms with Crippen LogP contribution in [-0.2, 0) is 0 Å². The normalized spacial score (nSPS) is 34.8. The molecule has 3 nitrogen and oxygen atoms in total. The van der Waals surface area contributed by atoms with Crippen molar-refractivity contribution >= 4 is 0 Å². The van der Waals surface area contributed by atoms with Gasteiger partial charge >= 0.3 is 0 Å². The first-order valence-electron chi connectivity index (χ1n) is 5.28. The number of aliphatic hydroxyl groups is 1. The Bertz CT molecular complexity index is 152. The summed E-state index contributed by atoms with van der Waals surface area (Å²) >= 11 is 0. The van der Waals surface area contributed by atoms with Gasteiger partial charge in [0.1, 0.15) is 0 Å². The molecule has 0 amide bonds. The van der Waals surface area contributed by atoms with E-state index >= 15 is 0 Å². The third kappa shape index (κ3) is 2.93. The minimum Gasteiger partial charge on any atom is -0.395 e. The molecule has 2 atom stereocenters. The van der Waals surface area contributed by atoms with Gasteiger partial charge in [0.2, 0.25) is 0 Å². The minimum absolute atomic E-state index is 0.112. The van der Waals surface area contributed by atoms with E-state index in [2.05, 4.69) is 12.2 Å². The summed E-state index contributed by atoms with van der Waals surface area (Å²) in [6.07, 6.45) is 4.90. The lowest BCUT2D eigenvalue weighted by atomic mass is 9.76. The molecule has 0 radical (unpaired) electrons. The van der Waals surface area contributed by atoms with E-state index in [0.717, 1.165) is 18.8 Å². The van der Waals surface area contributed by atoms with Gasteiger partial charge in [0, 0.05) is 18.6 Å². The van der Waals surface area contributed by atoms with Gasteiger partial charge in [-0.05, 0) is 18.8 Å². The van der Waals surface area contributed by atoms with Gasteiger partial charge in [0.05, 0.1) is 6.61 Å². The molecular formula is C10H22N2O. The maximum Gasteiger partial charge on any atom is 0.0556 e. The highest BCUT2D eigenvalue weighted by Gasteiger charge is 2.32. The first-order chi connectivity index (χ1) is 6.22. The molecule has 0 aromatic rings. The largest absolute Gasteiger partial charge is 0.395 e. The molecule has 78 valence electrons. The van der Waals surface area contributed by atoms with E-state index in [1.54, 1.807) is 0 Å². The highest BCUT2D eigenvalue weighted by Crippen LogP contribution is 2.31. The predicted octanol–water partition coefficient (Wildman–Crippen LogP) is 0.476. The van der Waals surface area contributed by atoms with Crippen LogP contribution in [0.25, 0.3) is 0 Å². The summed E-state index contributed by atoms with van der Waals surface area (Å²) < 4.78 is 0. The van der Waals surface area contributed by atoms with Crippen LogP contribution in [0.5, 0.6) is 0 Å². The molecule has 13 heavy (non-hydrogen) atoms. The molecule has 0 bridgehead atoms. The molecule has 3 heteroatoms. The van der Waals surface area contributed by atoms with Crippen LogP contribution in [0.4, 0.5) is 0 Å². The van der Waals surface area contributed by atoms with Crippen LogP contribution >= 0.6 is 0 Å². The fraction of sp³-hybridized carbons (Fsp3) is 1.00. The Balaban J connectivity index is 2.46. The smallest absolute Gasteiger partial charge is 0.0556 e. The Hall–Kier alpha value is -0.120. The number of hydrogen-bond acceptors (Lipinski definition) is 3. The van der Waals surface area contributed by atoms with Crippen LogP contribution in [0, 0.1) is 5.92 Å². The predicted molar refractivity (Wildman–Crippen MR) is 54.5 cm³/mol. The molecule has 2 unspecified atom stereocenters. The molecule has 0 saturated heterocycles. The first kappa shape index (κ1) is 11.0. The SMILES string of the molecule is CC1CCCC(CN)(NCCO)C1. The lowest BCUT2D eigenvalue weighted by Gasteiger charge is -2.40. The zero-order valence-electron chi connectivity index (χ0n) is 8.55. The fourth-order valence-corrected chi connectivity index (χ4v) is 2.40. The van der Waals surface area contributed by atoms with E-state index in [1.165, 1.54) is 12.8 Å². The Labute approximate surface area is 80.7 Å². The van der Waals surface area contributed by atoms with Gasteiger partial charge in [-0.15, -0.1) is 0 Å². The monoisotopic (exact) mass is 186 g/mol. The van der Waals surface area contributed by atoms with Crippen molar-refractivity contribution in [3.63, 3.8) is 0 Å². The van der Waals surface area contributed by atoms with Crippen molar-refractivity contribution in [1.29, 1.82) is 0 Å². The highest BCUT2D eigenvalue weighted by atomic mass is 16.3. The van der Waals surface area contributed by atoms with Crippen molar-refractivity contribution in [3.05, 3.63) is 0 Å². The van der Waals surface area contributed by atoms with Crippen LogP contribution < -0.4 is 11.1 Å². The quantitative estimate of drug-likeness (QED) is 0.598. The second-order valence-corrected chi connectivity index (χ2v) is 4.34. The van der Waals surface area contributed by atoms with Crippen molar-refractivity contribution in [3.8, 4) is 0 Å². The summed E-state index contributed by atoms with van der Waals surface area (Å²) in [5.41, 5.74) is 5.91. The second kappa shape index (κ2) is 4.94. The molecular weight excluding hydrogens is 164 g/mol. The van der Waals surface area contributed by atoms with Gasteiger partial charge in [0.15, 0.2) is 0 Å². The van der Waals surface area contributed by atoms with E-state index < -0.39 is 0 Å². The Morgan fingerprint density at radius 1 is 1.62 bits per heavy atom. The van der Waals surface area contributed by atoms with Crippen LogP contribution in [0.2, 0.25) is 0 Å². The van der Waals surface area contributed by atoms with Crippen molar-refractivity contribution in [1.82, 2.24) is 5.32 Å². The topological polar surface area (TPSA) is 58.3 Å². The average molecular weight is 186 g/mol. The van der Waals surface area contributed by atoms with Crippen molar-refractivity contribution in [2.75, 3.05) is 19.7 Å². The second-order valence-electron chi connectivity index (χ2n) is 4.34. The molecule has 1 aliphatic carbocycles. The van der Waals surface area contributed by atoms with Gasteiger partial charge in [-0.3, -0.25) is 0 Å². The highest BCUT2D eigenvalue weighted by molar-refractivity contribution is 4.93. The lowest BCUT2D eigenvalue weighted by molar-refractivity contribution is 0.177. The van der Waals surface area contributed by atoms with Crippen LogP contribution in [0.1, 0.15) is 32.6 Å². The Morgan fingerprint density at radius 2 is 2.38 bits per heavy atom. The number of aliphatic hydroxyl groups excluding tert-OH is 1. The van der Waals surface area contributed by atoms with E-state index in [9.17, 15) is 0 Å². The summed E-state index contributed by atoms with van der Waals surface area (Å²) in [6.45, 7) is 3.85. The minimum atomic E-state index is 0.112. The number of nitrogens with two attached hydrogens (primary N) is 1. The fourth-order valence-electron chi connectivity index (χ4n) is 2.40. The molecule has 1 saturated carbocycles. The molecule has 0 aliphatic heterocycles. The van der Waals surface area contributed by atoms with E-state index in [4.69, 9.17) is 10.8 Å². The summed E-state index contributed by atoms with van der Waals surface area (Å²) in [5.74, 6) is 0.767. The first-order valence-corrected chi connectivity index (χ1v) is 5.28. The molecule has 1 fully saturated rings. The summed E-state index contributed by atoms with van der Waals surface area (Å²) in [4.78, 5) is 0. The number of nitrogens with one attached hydrogen (secondary N) is 1. The van der Waals surface area contributed by atoms with Crippen LogP contribution in [0.3, 0.4) is 0 Å². The maximum atomic E-state index is 8.77. The standard InChI is InChI=1S/C10H22N2O/c1-9-3-2-4-10(7-9,8-11)12-5-6-13/h9,12-13H,2-8,11H2,1H3. The van der Waals surface area contributed by atoms with E-state index in [1.807, 2.05) is 0 Å². The molecule has 0 aromatic heterocycles. The molecule has 0 spiro atoms. The molecule has 1 aliphatic rings. The van der Waals surface area contributed by atoms with Crippen molar-refractivity contribution in [2.24, 2.45) is 11.7 Å². The van der Waals surface area contributed by atoms with Crippen molar-refractivity contribution in [2.45, 2.75) is 38.1 Å². The van der Waals surface area contributed by atoms with Gasteiger partial charge < -0.3 is 16.2 Å². The average Bonchev–Trinajstić information content (AvgIpc) is 2.15. The van der Waals surface area contributed by atoms with Gasteiger partial charge in [-0.25, -0.2) is 0 Å². The van der Waals surface area contributed by atoms with Gasteiger partial charge in [-0.2, -0.15) is 0 Å². The summed E-state index contributed by atoms with van der Waals surface area (Å²) in [5, 5.41) is 12.2. The van der Waals surface area contributed by atoms with Crippen molar-refractivity contribution < 1.29 is 5.11 Å². The third-order valence-corrected chi connectivity index (χ3v) is 3.09. The maximum absolute atomic E-state index is 8.77. The third-order valence-electron chi connectivity index (χ3n) is 3.09. The number of β-amino-alcohol motifs (C(OH)–C–C–N with tert-alkyl or cyclic N) is 1. The zero-order chi connectivity index (χ0) is 9.73.